The average molecular weight is 673 g/mol. The minimum absolute atomic E-state index is 0.0138. The number of rotatable bonds is 18. The van der Waals surface area contributed by atoms with E-state index in [9.17, 15) is 19.4 Å². The number of esters is 1. The lowest BCUT2D eigenvalue weighted by atomic mass is 9.72. The maximum Gasteiger partial charge on any atom is 0.472 e. The van der Waals surface area contributed by atoms with Crippen LogP contribution < -0.4 is 0 Å². The van der Waals surface area contributed by atoms with Crippen molar-refractivity contribution >= 4 is 13.8 Å². The van der Waals surface area contributed by atoms with Gasteiger partial charge in [-0.1, -0.05) is 109 Å². The number of carbonyl (C=O) groups excluding carboxylic acids is 1. The Balaban J connectivity index is 2.60. The Labute approximate surface area is 284 Å². The molecule has 0 amide bonds. The molecule has 1 rings (SSSR count). The molecule has 0 heterocycles. The molecule has 0 aromatic rings. The summed E-state index contributed by atoms with van der Waals surface area (Å²) in [4.78, 5) is 22.2. The molecule has 8 nitrogen and oxygen atoms in total. The molecule has 1 aliphatic carbocycles. The van der Waals surface area contributed by atoms with Gasteiger partial charge in [0.1, 0.15) is 19.3 Å². The van der Waals surface area contributed by atoms with E-state index in [0.29, 0.717) is 16.6 Å². The summed E-state index contributed by atoms with van der Waals surface area (Å²) in [6, 6.07) is 0. The number of hydrogen-bond donors (Lipinski definition) is 2. The topological polar surface area (TPSA) is 102 Å². The molecule has 2 N–H and O–H groups in total. The predicted octanol–water partition coefficient (Wildman–Crippen LogP) is 8.27. The molecule has 262 valence electrons. The zero-order valence-corrected chi connectivity index (χ0v) is 31.2. The standard InChI is InChI=1S/C38H58NO7P/c1-30(18-13-19-32(3)23-24-36-33(4)22-15-25-38(36,6)7)16-11-12-17-31(2)20-14-21-34(5)37(41)46-35(28-40)29-45-47(42,43)44-27-26-39(8,9)10/h11-14,16-21,23-24,35,40H,15,22,25-29H2,1-10H3/p+1/b12-11+,18-13+,20-14+,24-23+,30-16+,31-17+,32-19+,34-21+. The second-order valence-electron chi connectivity index (χ2n) is 13.8. The Morgan fingerprint density at radius 1 is 0.915 bits per heavy atom. The Morgan fingerprint density at radius 3 is 2.02 bits per heavy atom. The lowest BCUT2D eigenvalue weighted by Crippen LogP contribution is -2.37. The molecule has 0 saturated carbocycles. The van der Waals surface area contributed by atoms with Gasteiger partial charge in [-0.2, -0.15) is 0 Å². The number of aliphatic hydroxyl groups is 1. The van der Waals surface area contributed by atoms with Crippen LogP contribution in [-0.2, 0) is 23.1 Å². The molecule has 0 aliphatic heterocycles. The Morgan fingerprint density at radius 2 is 1.47 bits per heavy atom. The second kappa shape index (κ2) is 20.5. The summed E-state index contributed by atoms with van der Waals surface area (Å²) in [6.07, 6.45) is 26.5. The first-order valence-electron chi connectivity index (χ1n) is 16.2. The van der Waals surface area contributed by atoms with Crippen molar-refractivity contribution in [3.63, 3.8) is 0 Å². The number of phosphoric acid groups is 1. The summed E-state index contributed by atoms with van der Waals surface area (Å²) in [5.74, 6) is -0.673. The molecule has 47 heavy (non-hydrogen) atoms. The SMILES string of the molecule is CC1=C(/C=C/C(C)=C/C=C/C(C)=C/C=C/C=C(C)/C=C/C=C(\C)C(=O)OC(CO)COP(=O)(O)OCC[N+](C)(C)C)C(C)(C)CCC1. The van der Waals surface area contributed by atoms with E-state index in [1.165, 1.54) is 36.0 Å². The number of quaternary nitrogens is 1. The van der Waals surface area contributed by atoms with Gasteiger partial charge in [-0.15, -0.1) is 0 Å². The van der Waals surface area contributed by atoms with Crippen molar-refractivity contribution in [3.8, 4) is 0 Å². The summed E-state index contributed by atoms with van der Waals surface area (Å²) in [5, 5.41) is 9.54. The number of aliphatic hydroxyl groups excluding tert-OH is 1. The van der Waals surface area contributed by atoms with Gasteiger partial charge in [0, 0.05) is 5.57 Å². The van der Waals surface area contributed by atoms with Crippen molar-refractivity contribution in [3.05, 3.63) is 106 Å². The van der Waals surface area contributed by atoms with Crippen LogP contribution in [0.4, 0.5) is 0 Å². The number of carbonyl (C=O) groups is 1. The third kappa shape index (κ3) is 18.9. The monoisotopic (exact) mass is 672 g/mol. The first-order valence-corrected chi connectivity index (χ1v) is 17.7. The maximum absolute atomic E-state index is 12.4. The molecule has 0 aromatic carbocycles. The van der Waals surface area contributed by atoms with E-state index in [2.05, 4.69) is 65.0 Å². The van der Waals surface area contributed by atoms with E-state index < -0.39 is 33.1 Å². The van der Waals surface area contributed by atoms with Crippen molar-refractivity contribution in [2.45, 2.75) is 73.8 Å². The lowest BCUT2D eigenvalue weighted by molar-refractivity contribution is -0.870. The van der Waals surface area contributed by atoms with Gasteiger partial charge in [0.2, 0.25) is 0 Å². The Bertz CT molecular complexity index is 1360. The molecular formula is C38H59NO7P+. The van der Waals surface area contributed by atoms with E-state index in [1.54, 1.807) is 19.1 Å². The van der Waals surface area contributed by atoms with Crippen molar-refractivity contribution in [1.29, 1.82) is 0 Å². The predicted molar refractivity (Wildman–Crippen MR) is 194 cm³/mol. The van der Waals surface area contributed by atoms with Crippen molar-refractivity contribution in [1.82, 2.24) is 0 Å². The van der Waals surface area contributed by atoms with Gasteiger partial charge in [-0.05, 0) is 64.9 Å². The first-order chi connectivity index (χ1) is 21.8. The van der Waals surface area contributed by atoms with Crippen LogP contribution in [0.2, 0.25) is 0 Å². The fourth-order valence-corrected chi connectivity index (χ4v) is 5.32. The normalized spacial score (nSPS) is 19.4. The van der Waals surface area contributed by atoms with Gasteiger partial charge in [-0.3, -0.25) is 9.05 Å². The first kappa shape index (κ1) is 42.2. The molecule has 0 radical (unpaired) electrons. The fourth-order valence-electron chi connectivity index (χ4n) is 4.58. The third-order valence-electron chi connectivity index (χ3n) is 7.55. The van der Waals surface area contributed by atoms with Crippen LogP contribution in [0.5, 0.6) is 0 Å². The quantitative estimate of drug-likeness (QED) is 0.0497. The van der Waals surface area contributed by atoms with Gasteiger partial charge in [0.25, 0.3) is 0 Å². The highest BCUT2D eigenvalue weighted by atomic mass is 31.2. The average Bonchev–Trinajstić information content (AvgIpc) is 2.95. The lowest BCUT2D eigenvalue weighted by Gasteiger charge is -2.32. The van der Waals surface area contributed by atoms with E-state index in [0.717, 1.165) is 11.1 Å². The van der Waals surface area contributed by atoms with E-state index in [4.69, 9.17) is 13.8 Å². The zero-order valence-electron chi connectivity index (χ0n) is 30.3. The summed E-state index contributed by atoms with van der Waals surface area (Å²) in [7, 11) is 1.42. The third-order valence-corrected chi connectivity index (χ3v) is 8.53. The zero-order chi connectivity index (χ0) is 35.7. The number of allylic oxidation sites excluding steroid dienone is 17. The summed E-state index contributed by atoms with van der Waals surface area (Å²) in [5.41, 5.74) is 6.82. The van der Waals surface area contributed by atoms with Crippen LogP contribution in [-0.4, -0.2) is 74.1 Å². The molecule has 1 aliphatic rings. The molecule has 0 saturated heterocycles. The number of ether oxygens (including phenoxy) is 1. The van der Waals surface area contributed by atoms with E-state index in [1.807, 2.05) is 58.4 Å². The summed E-state index contributed by atoms with van der Waals surface area (Å²) < 4.78 is 27.7. The van der Waals surface area contributed by atoms with E-state index in [-0.39, 0.29) is 12.0 Å². The van der Waals surface area contributed by atoms with Crippen molar-refractivity contribution < 1.29 is 37.6 Å². The highest BCUT2D eigenvalue weighted by Crippen LogP contribution is 2.43. The molecule has 0 bridgehead atoms. The van der Waals surface area contributed by atoms with Crippen LogP contribution in [0.25, 0.3) is 0 Å². The molecule has 0 spiro atoms. The van der Waals surface area contributed by atoms with Gasteiger partial charge in [0.15, 0.2) is 0 Å². The minimum Gasteiger partial charge on any atom is -0.454 e. The molecular weight excluding hydrogens is 613 g/mol. The highest BCUT2D eigenvalue weighted by molar-refractivity contribution is 7.47. The smallest absolute Gasteiger partial charge is 0.454 e. The number of phosphoric ester groups is 1. The van der Waals surface area contributed by atoms with Gasteiger partial charge in [-0.25, -0.2) is 9.36 Å². The van der Waals surface area contributed by atoms with Crippen molar-refractivity contribution in [2.24, 2.45) is 5.41 Å². The van der Waals surface area contributed by atoms with Gasteiger partial charge < -0.3 is 19.2 Å². The van der Waals surface area contributed by atoms with E-state index >= 15 is 0 Å². The minimum atomic E-state index is -4.34. The number of likely N-dealkylation sites (N-methyl/N-ethyl adjacent to an activating group) is 1. The molecule has 2 atom stereocenters. The Hall–Kier alpha value is -2.84. The molecule has 0 aromatic heterocycles. The molecule has 9 heteroatoms. The summed E-state index contributed by atoms with van der Waals surface area (Å²) in [6.45, 7) is 14.1. The van der Waals surface area contributed by atoms with Crippen molar-refractivity contribution in [2.75, 3.05) is 47.5 Å². The van der Waals surface area contributed by atoms with Crippen LogP contribution in [0.3, 0.4) is 0 Å². The number of hydrogen-bond acceptors (Lipinski definition) is 6. The maximum atomic E-state index is 12.4. The van der Waals surface area contributed by atoms with Gasteiger partial charge >= 0.3 is 13.8 Å². The molecule has 0 fully saturated rings. The molecule has 2 unspecified atom stereocenters. The highest BCUT2D eigenvalue weighted by Gasteiger charge is 2.27. The fraction of sp³-hybridized carbons (Fsp3) is 0.500. The van der Waals surface area contributed by atoms with Crippen LogP contribution in [0.15, 0.2) is 106 Å². The van der Waals surface area contributed by atoms with Crippen LogP contribution in [0.1, 0.15) is 67.7 Å². The second-order valence-corrected chi connectivity index (χ2v) is 15.2. The largest absolute Gasteiger partial charge is 0.472 e. The summed E-state index contributed by atoms with van der Waals surface area (Å²) >= 11 is 0. The van der Waals surface area contributed by atoms with Crippen LogP contribution >= 0.6 is 7.82 Å². The van der Waals surface area contributed by atoms with Gasteiger partial charge in [0.05, 0.1) is 34.4 Å². The van der Waals surface area contributed by atoms with Crippen LogP contribution in [0, 0.1) is 5.41 Å². The number of nitrogens with zero attached hydrogens (tertiary/aromatic N) is 1. The Kier molecular flexibility index (Phi) is 18.4.